The number of piperazine rings is 1. The maximum Gasteiger partial charge on any atom is 0.337 e. The monoisotopic (exact) mass is 531 g/mol. The molecule has 9 nitrogen and oxygen atoms in total. The third-order valence-corrected chi connectivity index (χ3v) is 7.29. The van der Waals surface area contributed by atoms with Crippen LogP contribution in [0, 0.1) is 29.6 Å². The number of nitrogens with one attached hydrogen (secondary N) is 1. The van der Waals surface area contributed by atoms with Crippen LogP contribution in [0.3, 0.4) is 0 Å². The van der Waals surface area contributed by atoms with Crippen LogP contribution in [0.15, 0.2) is 60.7 Å². The first-order chi connectivity index (χ1) is 19.3. The highest BCUT2D eigenvalue weighted by molar-refractivity contribution is 5.94. The summed E-state index contributed by atoms with van der Waals surface area (Å²) in [4.78, 5) is 25.9. The van der Waals surface area contributed by atoms with Gasteiger partial charge in [0, 0.05) is 42.6 Å². The van der Waals surface area contributed by atoms with E-state index in [1.165, 1.54) is 0 Å². The molecule has 5 rings (SSSR count). The molecule has 0 saturated carbocycles. The van der Waals surface area contributed by atoms with Crippen LogP contribution < -0.4 is 15.1 Å². The van der Waals surface area contributed by atoms with Crippen molar-refractivity contribution in [3.8, 4) is 12.1 Å². The quantitative estimate of drug-likeness (QED) is 0.342. The minimum Gasteiger partial charge on any atom is -0.478 e. The molecule has 200 valence electrons. The lowest BCUT2D eigenvalue weighted by Gasteiger charge is -2.41. The maximum absolute atomic E-state index is 11.8. The van der Waals surface area contributed by atoms with E-state index >= 15 is 0 Å². The van der Waals surface area contributed by atoms with Gasteiger partial charge < -0.3 is 20.2 Å². The van der Waals surface area contributed by atoms with Gasteiger partial charge in [-0.05, 0) is 68.8 Å². The summed E-state index contributed by atoms with van der Waals surface area (Å²) in [6.07, 6.45) is 0. The normalized spacial score (nSPS) is 15.8. The molecule has 1 aromatic heterocycles. The zero-order valence-corrected chi connectivity index (χ0v) is 22.6. The number of rotatable bonds is 6. The van der Waals surface area contributed by atoms with Crippen LogP contribution in [0.4, 0.5) is 17.2 Å². The average molecular weight is 532 g/mol. The third kappa shape index (κ3) is 5.10. The van der Waals surface area contributed by atoms with Crippen molar-refractivity contribution in [2.24, 2.45) is 0 Å². The van der Waals surface area contributed by atoms with Gasteiger partial charge in [-0.25, -0.2) is 14.8 Å². The molecule has 0 aliphatic carbocycles. The molecule has 0 bridgehead atoms. The summed E-state index contributed by atoms with van der Waals surface area (Å²) in [6.45, 7) is 8.13. The molecule has 1 saturated heterocycles. The lowest BCUT2D eigenvalue weighted by molar-refractivity contribution is 0.0698. The lowest BCUT2D eigenvalue weighted by atomic mass is 10.0. The second kappa shape index (κ2) is 10.9. The molecule has 0 spiro atoms. The fourth-order valence-electron chi connectivity index (χ4n) is 5.29. The zero-order chi connectivity index (χ0) is 28.4. The largest absolute Gasteiger partial charge is 0.478 e. The van der Waals surface area contributed by atoms with E-state index in [1.54, 1.807) is 24.3 Å². The molecule has 40 heavy (non-hydrogen) atoms. The number of hydrogen-bond donors (Lipinski definition) is 2. The van der Waals surface area contributed by atoms with E-state index in [9.17, 15) is 15.2 Å². The average Bonchev–Trinajstić information content (AvgIpc) is 2.96. The van der Waals surface area contributed by atoms with Gasteiger partial charge in [0.05, 0.1) is 34.3 Å². The van der Waals surface area contributed by atoms with Crippen molar-refractivity contribution >= 4 is 34.2 Å². The SMILES string of the molecule is Cc1cc([C@@H](C)Nc2ccccc2C(=O)O)c2nc(N3CCN(c4ccc(C#N)cc4)CC3C)c(C#N)nc2c1. The van der Waals surface area contributed by atoms with Gasteiger partial charge in [0.1, 0.15) is 6.07 Å². The highest BCUT2D eigenvalue weighted by Crippen LogP contribution is 2.32. The van der Waals surface area contributed by atoms with Crippen molar-refractivity contribution in [1.82, 2.24) is 9.97 Å². The molecule has 2 heterocycles. The van der Waals surface area contributed by atoms with Gasteiger partial charge in [0.25, 0.3) is 0 Å². The molecular formula is C31H29N7O2. The first kappa shape index (κ1) is 26.5. The molecule has 2 N–H and O–H groups in total. The molecule has 0 amide bonds. The molecule has 1 aliphatic heterocycles. The van der Waals surface area contributed by atoms with Crippen molar-refractivity contribution in [2.45, 2.75) is 32.9 Å². The van der Waals surface area contributed by atoms with Crippen molar-refractivity contribution < 1.29 is 9.90 Å². The third-order valence-electron chi connectivity index (χ3n) is 7.29. The summed E-state index contributed by atoms with van der Waals surface area (Å²) in [5, 5.41) is 32.1. The molecule has 2 atom stereocenters. The minimum absolute atomic E-state index is 0.0510. The standard InChI is InChI=1S/C31H29N7O2/c1-19-14-25(21(3)34-26-7-5-4-6-24(26)31(39)40)29-27(15-19)35-28(17-33)30(36-29)38-13-12-37(18-20(38)2)23-10-8-22(16-32)9-11-23/h4-11,14-15,20-21,34H,12-13,18H2,1-3H3,(H,39,40)/t20?,21-/m1/s1. The predicted octanol–water partition coefficient (Wildman–Crippen LogP) is 5.27. The Morgan fingerprint density at radius 1 is 1.07 bits per heavy atom. The van der Waals surface area contributed by atoms with Crippen molar-refractivity contribution in [2.75, 3.05) is 34.8 Å². The van der Waals surface area contributed by atoms with Crippen molar-refractivity contribution in [1.29, 1.82) is 10.5 Å². The molecule has 1 fully saturated rings. The number of carboxylic acids is 1. The molecule has 1 unspecified atom stereocenters. The number of benzene rings is 3. The Kier molecular flexibility index (Phi) is 7.22. The topological polar surface area (TPSA) is 129 Å². The van der Waals surface area contributed by atoms with Crippen LogP contribution in [0.1, 0.15) is 52.6 Å². The second-order valence-corrected chi connectivity index (χ2v) is 10.1. The summed E-state index contributed by atoms with van der Waals surface area (Å²) >= 11 is 0. The number of carboxylic acid groups (broad SMARTS) is 1. The number of aromatic carboxylic acids is 1. The number of hydrogen-bond acceptors (Lipinski definition) is 8. The zero-order valence-electron chi connectivity index (χ0n) is 22.6. The molecule has 0 radical (unpaired) electrons. The second-order valence-electron chi connectivity index (χ2n) is 10.1. The summed E-state index contributed by atoms with van der Waals surface area (Å²) in [5.74, 6) is -0.454. The van der Waals surface area contributed by atoms with Crippen molar-refractivity contribution in [3.63, 3.8) is 0 Å². The van der Waals surface area contributed by atoms with Crippen molar-refractivity contribution in [3.05, 3.63) is 88.6 Å². The number of para-hydroxylation sites is 1. The van der Waals surface area contributed by atoms with Gasteiger partial charge >= 0.3 is 5.97 Å². The van der Waals surface area contributed by atoms with Crippen LogP contribution in [0.25, 0.3) is 11.0 Å². The Morgan fingerprint density at radius 3 is 2.50 bits per heavy atom. The van der Waals surface area contributed by atoms with E-state index in [1.807, 2.05) is 50.2 Å². The van der Waals surface area contributed by atoms with E-state index in [4.69, 9.17) is 15.2 Å². The molecule has 9 heteroatoms. The summed E-state index contributed by atoms with van der Waals surface area (Å²) in [7, 11) is 0. The number of nitrogens with zero attached hydrogens (tertiary/aromatic N) is 6. The highest BCUT2D eigenvalue weighted by Gasteiger charge is 2.28. The number of aryl methyl sites for hydroxylation is 1. The van der Waals surface area contributed by atoms with E-state index in [0.29, 0.717) is 34.6 Å². The van der Waals surface area contributed by atoms with E-state index in [-0.39, 0.29) is 23.3 Å². The Balaban J connectivity index is 1.49. The van der Waals surface area contributed by atoms with E-state index in [0.717, 1.165) is 29.9 Å². The fourth-order valence-corrected chi connectivity index (χ4v) is 5.29. The number of fused-ring (bicyclic) bond motifs is 1. The first-order valence-electron chi connectivity index (χ1n) is 13.1. The Hall–Kier alpha value is -5.15. The smallest absolute Gasteiger partial charge is 0.337 e. The molecular weight excluding hydrogens is 502 g/mol. The van der Waals surface area contributed by atoms with Crippen LogP contribution in [-0.4, -0.2) is 46.7 Å². The van der Waals surface area contributed by atoms with Crippen LogP contribution in [0.2, 0.25) is 0 Å². The molecule has 3 aromatic carbocycles. The minimum atomic E-state index is -1.00. The van der Waals surface area contributed by atoms with Crippen LogP contribution >= 0.6 is 0 Å². The lowest BCUT2D eigenvalue weighted by Crippen LogP contribution is -2.52. The number of aromatic nitrogens is 2. The number of nitriles is 2. The summed E-state index contributed by atoms with van der Waals surface area (Å²) in [5.41, 5.74) is 5.81. The van der Waals surface area contributed by atoms with Crippen LogP contribution in [0.5, 0.6) is 0 Å². The number of carbonyl (C=O) groups is 1. The molecule has 1 aliphatic rings. The Morgan fingerprint density at radius 2 is 1.82 bits per heavy atom. The fraction of sp³-hybridized carbons (Fsp3) is 0.258. The summed E-state index contributed by atoms with van der Waals surface area (Å²) in [6, 6.07) is 22.5. The highest BCUT2D eigenvalue weighted by atomic mass is 16.4. The van der Waals surface area contributed by atoms with Gasteiger partial charge in [-0.3, -0.25) is 0 Å². The van der Waals surface area contributed by atoms with Gasteiger partial charge in [0.15, 0.2) is 11.5 Å². The van der Waals surface area contributed by atoms with Gasteiger partial charge in [0.2, 0.25) is 0 Å². The first-order valence-corrected chi connectivity index (χ1v) is 13.1. The Bertz CT molecular complexity index is 1670. The van der Waals surface area contributed by atoms with Gasteiger partial charge in [-0.1, -0.05) is 18.2 Å². The predicted molar refractivity (Wildman–Crippen MR) is 155 cm³/mol. The summed E-state index contributed by atoms with van der Waals surface area (Å²) < 4.78 is 0. The maximum atomic E-state index is 11.8. The van der Waals surface area contributed by atoms with E-state index in [2.05, 4.69) is 34.2 Å². The van der Waals surface area contributed by atoms with E-state index < -0.39 is 5.97 Å². The number of anilines is 3. The molecule has 4 aromatic rings. The van der Waals surface area contributed by atoms with Crippen LogP contribution in [-0.2, 0) is 0 Å². The Labute approximate surface area is 232 Å². The van der Waals surface area contributed by atoms with Gasteiger partial charge in [-0.2, -0.15) is 10.5 Å². The van der Waals surface area contributed by atoms with Gasteiger partial charge in [-0.15, -0.1) is 0 Å².